The summed E-state index contributed by atoms with van der Waals surface area (Å²) in [7, 11) is 0. The molecule has 0 radical (unpaired) electrons. The molecule has 514 valence electrons. The lowest BCUT2D eigenvalue weighted by atomic mass is 9.94. The van der Waals surface area contributed by atoms with Gasteiger partial charge in [-0.2, -0.15) is 10.5 Å². The summed E-state index contributed by atoms with van der Waals surface area (Å²) in [5.74, 6) is 0. The van der Waals surface area contributed by atoms with Gasteiger partial charge in [0.1, 0.15) is 0 Å². The Morgan fingerprint density at radius 1 is 0.191 bits per heavy atom. The third kappa shape index (κ3) is 11.1. The first kappa shape index (κ1) is 64.4. The Labute approximate surface area is 635 Å². The summed E-state index contributed by atoms with van der Waals surface area (Å²) in [5, 5.41) is 32.6. The molecule has 0 N–H and O–H groups in total. The van der Waals surface area contributed by atoms with E-state index in [1.807, 2.05) is 66.7 Å². The van der Waals surface area contributed by atoms with Gasteiger partial charge in [0.2, 0.25) is 0 Å². The van der Waals surface area contributed by atoms with E-state index in [4.69, 9.17) is 8.83 Å². The number of hydrogen-bond acceptors (Lipinski definition) is 8. The molecule has 8 nitrogen and oxygen atoms in total. The molecule has 0 aliphatic heterocycles. The molecule has 2 heterocycles. The van der Waals surface area contributed by atoms with Gasteiger partial charge in [0, 0.05) is 67.0 Å². The standard InChI is InChI=1S/C102H64N6O2/c103-65-67-38-49-82(50-39-67)105(79-29-10-3-11-30-79)91-61-75-26-16-19-35-87(75)95-96-88-36-20-17-28-77(88)63-93(101(96)109-99(91)95)108(83-51-40-68(66-104)41-52-83)86-57-46-73(47-58-86)74-48-59-90-78(60-74)64-94(107(81-33-14-5-15-34-81)85-55-44-72(45-56-85)70-24-8-2-9-25-70)102-98(90)97-89-37-21-18-27-76(89)62-92(100(97)110-102)106(80-31-12-4-13-32-80)84-53-42-71(43-54-84)69-22-6-1-7-23-69/h1-64H. The molecule has 0 aliphatic rings. The van der Waals surface area contributed by atoms with Crippen molar-refractivity contribution in [3.63, 3.8) is 0 Å². The number of nitrogens with zero attached hydrogens (tertiary/aromatic N) is 6. The van der Waals surface area contributed by atoms with E-state index >= 15 is 0 Å². The van der Waals surface area contributed by atoms with Gasteiger partial charge in [-0.3, -0.25) is 0 Å². The second-order valence-corrected chi connectivity index (χ2v) is 27.7. The van der Waals surface area contributed by atoms with Crippen molar-refractivity contribution in [3.05, 3.63) is 399 Å². The van der Waals surface area contributed by atoms with Crippen molar-refractivity contribution in [2.24, 2.45) is 0 Å². The Morgan fingerprint density at radius 2 is 0.418 bits per heavy atom. The lowest BCUT2D eigenvalue weighted by Crippen LogP contribution is -2.10. The highest BCUT2D eigenvalue weighted by atomic mass is 16.3. The van der Waals surface area contributed by atoms with Crippen molar-refractivity contribution in [2.75, 3.05) is 19.6 Å². The van der Waals surface area contributed by atoms with E-state index in [0.29, 0.717) is 22.3 Å². The van der Waals surface area contributed by atoms with E-state index < -0.39 is 0 Å². The maximum absolute atomic E-state index is 10.3. The van der Waals surface area contributed by atoms with Crippen molar-refractivity contribution >= 4 is 155 Å². The van der Waals surface area contributed by atoms with E-state index in [1.165, 1.54) is 0 Å². The predicted molar refractivity (Wildman–Crippen MR) is 455 cm³/mol. The normalized spacial score (nSPS) is 11.4. The SMILES string of the molecule is N#Cc1ccc(N(c2ccccc2)c2cc3ccccc3c3c2oc2c(N(c4ccc(C#N)cc4)c4ccc(-c5ccc6c(c5)cc(N(c5ccccc5)c5ccc(-c7ccccc7)cc5)c5oc7c(N(c8ccccc8)c8ccc(-c9ccccc9)cc8)cc8ccccc8c7c56)cc4)cc4ccccc4c23)cc1. The van der Waals surface area contributed by atoms with Crippen molar-refractivity contribution in [2.45, 2.75) is 0 Å². The molecule has 0 saturated carbocycles. The van der Waals surface area contributed by atoms with Gasteiger partial charge in [-0.1, -0.05) is 237 Å². The van der Waals surface area contributed by atoms with Gasteiger partial charge in [-0.05, 0) is 228 Å². The van der Waals surface area contributed by atoms with Gasteiger partial charge in [0.15, 0.2) is 22.3 Å². The third-order valence-electron chi connectivity index (χ3n) is 21.4. The first-order valence-corrected chi connectivity index (χ1v) is 36.9. The fourth-order valence-electron chi connectivity index (χ4n) is 16.2. The summed E-state index contributed by atoms with van der Waals surface area (Å²) in [5.41, 5.74) is 21.6. The summed E-state index contributed by atoms with van der Waals surface area (Å²) < 4.78 is 15.5. The van der Waals surface area contributed by atoms with Crippen LogP contribution in [0.3, 0.4) is 0 Å². The minimum atomic E-state index is 0.553. The monoisotopic (exact) mass is 1400 g/mol. The topological polar surface area (TPSA) is 86.8 Å². The Balaban J connectivity index is 0.795. The third-order valence-corrected chi connectivity index (χ3v) is 21.4. The molecular weight excluding hydrogens is 1340 g/mol. The molecule has 0 aliphatic carbocycles. The van der Waals surface area contributed by atoms with Gasteiger partial charge >= 0.3 is 0 Å². The largest absolute Gasteiger partial charge is 0.452 e. The van der Waals surface area contributed by atoms with Gasteiger partial charge in [0.05, 0.1) is 46.0 Å². The molecular formula is C102H64N6O2. The minimum Gasteiger partial charge on any atom is -0.452 e. The molecule has 0 spiro atoms. The number of para-hydroxylation sites is 3. The number of nitriles is 2. The summed E-state index contributed by atoms with van der Waals surface area (Å²) in [4.78, 5) is 9.17. The first-order valence-electron chi connectivity index (χ1n) is 36.9. The number of rotatable bonds is 15. The second kappa shape index (κ2) is 27.0. The van der Waals surface area contributed by atoms with Crippen LogP contribution < -0.4 is 19.6 Å². The van der Waals surface area contributed by atoms with Crippen LogP contribution in [0.2, 0.25) is 0 Å². The van der Waals surface area contributed by atoms with E-state index in [9.17, 15) is 10.5 Å². The highest BCUT2D eigenvalue weighted by molar-refractivity contribution is 6.33. The molecule has 0 amide bonds. The van der Waals surface area contributed by atoms with Crippen LogP contribution in [0.1, 0.15) is 11.1 Å². The van der Waals surface area contributed by atoms with Crippen molar-refractivity contribution in [1.82, 2.24) is 0 Å². The maximum atomic E-state index is 10.3. The molecule has 0 fully saturated rings. The van der Waals surface area contributed by atoms with Crippen molar-refractivity contribution in [3.8, 4) is 45.5 Å². The summed E-state index contributed by atoms with van der Waals surface area (Å²) in [6, 6.07) is 141. The maximum Gasteiger partial charge on any atom is 0.160 e. The molecule has 2 aromatic heterocycles. The van der Waals surface area contributed by atoms with E-state index in [1.54, 1.807) is 0 Å². The number of furan rings is 2. The zero-order valence-corrected chi connectivity index (χ0v) is 59.5. The van der Waals surface area contributed by atoms with Crippen molar-refractivity contribution < 1.29 is 8.83 Å². The van der Waals surface area contributed by atoms with E-state index in [0.717, 1.165) is 177 Å². The molecule has 0 unspecified atom stereocenters. The average Bonchev–Trinajstić information content (AvgIpc) is 1.53. The number of benzene rings is 18. The van der Waals surface area contributed by atoms with Gasteiger partial charge in [0.25, 0.3) is 0 Å². The Hall–Kier alpha value is -15.2. The van der Waals surface area contributed by atoms with E-state index in [-0.39, 0.29) is 0 Å². The highest BCUT2D eigenvalue weighted by Crippen LogP contribution is 2.55. The van der Waals surface area contributed by atoms with Crippen LogP contribution in [-0.2, 0) is 0 Å². The quantitative estimate of drug-likeness (QED) is 0.100. The molecule has 110 heavy (non-hydrogen) atoms. The first-order chi connectivity index (χ1) is 54.5. The summed E-state index contributed by atoms with van der Waals surface area (Å²) in [6.45, 7) is 0. The Morgan fingerprint density at radius 3 is 0.727 bits per heavy atom. The van der Waals surface area contributed by atoms with Crippen LogP contribution in [-0.4, -0.2) is 0 Å². The van der Waals surface area contributed by atoms with Crippen LogP contribution in [0.15, 0.2) is 397 Å². The van der Waals surface area contributed by atoms with Gasteiger partial charge in [-0.25, -0.2) is 0 Å². The molecule has 20 aromatic rings. The molecule has 20 rings (SSSR count). The summed E-state index contributed by atoms with van der Waals surface area (Å²) >= 11 is 0. The summed E-state index contributed by atoms with van der Waals surface area (Å²) in [6.07, 6.45) is 0. The van der Waals surface area contributed by atoms with Crippen LogP contribution in [0.4, 0.5) is 68.2 Å². The van der Waals surface area contributed by atoms with Crippen molar-refractivity contribution in [1.29, 1.82) is 10.5 Å². The van der Waals surface area contributed by atoms with Crippen LogP contribution in [0.25, 0.3) is 120 Å². The minimum absolute atomic E-state index is 0.553. The number of hydrogen-bond donors (Lipinski definition) is 0. The van der Waals surface area contributed by atoms with Gasteiger partial charge in [-0.15, -0.1) is 0 Å². The van der Waals surface area contributed by atoms with Crippen LogP contribution in [0.5, 0.6) is 0 Å². The zero-order valence-electron chi connectivity index (χ0n) is 59.5. The Kier molecular flexibility index (Phi) is 15.8. The average molecular weight is 1410 g/mol. The Bertz CT molecular complexity index is 7000. The fourth-order valence-corrected chi connectivity index (χ4v) is 16.2. The van der Waals surface area contributed by atoms with Crippen LogP contribution >= 0.6 is 0 Å². The lowest BCUT2D eigenvalue weighted by Gasteiger charge is -2.27. The number of anilines is 12. The predicted octanol–water partition coefficient (Wildman–Crippen LogP) is 28.7. The highest BCUT2D eigenvalue weighted by Gasteiger charge is 2.30. The lowest BCUT2D eigenvalue weighted by molar-refractivity contribution is 0.669. The molecule has 0 saturated heterocycles. The zero-order chi connectivity index (χ0) is 73.2. The van der Waals surface area contributed by atoms with Gasteiger partial charge < -0.3 is 28.4 Å². The fraction of sp³-hybridized carbons (Fsp3) is 0. The second-order valence-electron chi connectivity index (χ2n) is 27.7. The number of fused-ring (bicyclic) bond motifs is 14. The van der Waals surface area contributed by atoms with E-state index in [2.05, 4.69) is 353 Å². The smallest absolute Gasteiger partial charge is 0.160 e. The molecule has 8 heteroatoms. The van der Waals surface area contributed by atoms with Crippen LogP contribution in [0, 0.1) is 22.7 Å². The molecule has 0 atom stereocenters. The molecule has 18 aromatic carbocycles. The molecule has 0 bridgehead atoms.